The van der Waals surface area contributed by atoms with E-state index >= 15 is 0 Å². The molecule has 0 aliphatic carbocycles. The minimum atomic E-state index is -4.96. The van der Waals surface area contributed by atoms with Crippen molar-refractivity contribution in [2.24, 2.45) is 23.7 Å². The van der Waals surface area contributed by atoms with Crippen LogP contribution in [0.15, 0.2) is 0 Å². The van der Waals surface area contributed by atoms with Crippen LogP contribution in [0.3, 0.4) is 0 Å². The third-order valence-electron chi connectivity index (χ3n) is 19.0. The Balaban J connectivity index is 5.12. The zero-order chi connectivity index (χ0) is 72.4. The molecular weight excluding hydrogens is 1280 g/mol. The van der Waals surface area contributed by atoms with Gasteiger partial charge in [0.2, 0.25) is 0 Å². The maximum Gasteiger partial charge on any atom is 0.472 e. The van der Waals surface area contributed by atoms with Crippen LogP contribution < -0.4 is 0 Å². The van der Waals surface area contributed by atoms with E-state index in [9.17, 15) is 43.2 Å². The number of phosphoric acid groups is 2. The minimum Gasteiger partial charge on any atom is -0.462 e. The van der Waals surface area contributed by atoms with Crippen LogP contribution in [0, 0.1) is 23.7 Å². The van der Waals surface area contributed by atoms with E-state index in [1.165, 1.54) is 199 Å². The second-order valence-electron chi connectivity index (χ2n) is 29.9. The normalized spacial score (nSPS) is 14.6. The first-order valence-electron chi connectivity index (χ1n) is 40.8. The Hall–Kier alpha value is -1.94. The van der Waals surface area contributed by atoms with Gasteiger partial charge in [0.1, 0.15) is 19.3 Å². The Labute approximate surface area is 600 Å². The van der Waals surface area contributed by atoms with Gasteiger partial charge in [-0.25, -0.2) is 9.13 Å². The summed E-state index contributed by atoms with van der Waals surface area (Å²) in [6.07, 6.45) is 54.5. The number of esters is 4. The van der Waals surface area contributed by atoms with Gasteiger partial charge in [-0.05, 0) is 49.4 Å². The van der Waals surface area contributed by atoms with Crippen molar-refractivity contribution in [3.8, 4) is 0 Å². The molecule has 4 unspecified atom stereocenters. The molecule has 0 aromatic rings. The first kappa shape index (κ1) is 96.1. The molecule has 98 heavy (non-hydrogen) atoms. The van der Waals surface area contributed by atoms with Gasteiger partial charge >= 0.3 is 39.5 Å². The topological polar surface area (TPSA) is 237 Å². The Bertz CT molecular complexity index is 1920. The first-order valence-corrected chi connectivity index (χ1v) is 43.8. The van der Waals surface area contributed by atoms with Crippen LogP contribution in [0.25, 0.3) is 0 Å². The smallest absolute Gasteiger partial charge is 0.462 e. The molecule has 0 aromatic carbocycles. The number of carbonyl (C=O) groups excluding carboxylic acids is 4. The molecule has 0 aliphatic heterocycles. The molecule has 0 aromatic heterocycles. The van der Waals surface area contributed by atoms with Crippen LogP contribution >= 0.6 is 15.6 Å². The highest BCUT2D eigenvalue weighted by atomic mass is 31.2. The van der Waals surface area contributed by atoms with Crippen molar-refractivity contribution in [3.63, 3.8) is 0 Å². The minimum absolute atomic E-state index is 0.103. The van der Waals surface area contributed by atoms with Crippen LogP contribution in [-0.4, -0.2) is 96.7 Å². The first-order chi connectivity index (χ1) is 47.2. The lowest BCUT2D eigenvalue weighted by atomic mass is 9.99. The average Bonchev–Trinajstić information content (AvgIpc) is 0.997. The highest BCUT2D eigenvalue weighted by molar-refractivity contribution is 7.47. The van der Waals surface area contributed by atoms with Gasteiger partial charge in [-0.2, -0.15) is 0 Å². The Morgan fingerprint density at radius 1 is 0.286 bits per heavy atom. The predicted molar refractivity (Wildman–Crippen MR) is 400 cm³/mol. The molecule has 0 rings (SSSR count). The van der Waals surface area contributed by atoms with Gasteiger partial charge < -0.3 is 33.8 Å². The molecule has 0 heterocycles. The molecule has 0 radical (unpaired) electrons. The van der Waals surface area contributed by atoms with Gasteiger partial charge in [0.05, 0.1) is 26.4 Å². The van der Waals surface area contributed by atoms with Crippen molar-refractivity contribution < 1.29 is 80.2 Å². The summed E-state index contributed by atoms with van der Waals surface area (Å²) in [5.74, 6) is 0.945. The van der Waals surface area contributed by atoms with Crippen LogP contribution in [0.1, 0.15) is 402 Å². The standard InChI is InChI=1S/C79H154O17P2/c1-9-71(7)57-49-41-32-28-24-20-15-13-11-12-14-16-21-25-29-33-43-51-59-76(81)89-65-75(96-79(84)62-54-46-38-36-42-50-58-72(8)10-2)68-94-98(87,88)92-64-73(80)63-91-97(85,86)93-67-74(66-90-77(82)60-52-44-37-35-40-48-56-70(5)6)95-78(83)61-53-45-34-30-26-22-18-17-19-23-27-31-39-47-55-69(3)4/h69-75,80H,9-68H2,1-8H3,(H,85,86)(H,87,88)/t71?,72?,73-,74+,75+/m0/s1. The monoisotopic (exact) mass is 1440 g/mol. The quantitative estimate of drug-likeness (QED) is 0.0222. The molecule has 0 spiro atoms. The summed E-state index contributed by atoms with van der Waals surface area (Å²) in [4.78, 5) is 72.8. The molecule has 19 heteroatoms. The fourth-order valence-corrected chi connectivity index (χ4v) is 13.6. The number of hydrogen-bond acceptors (Lipinski definition) is 15. The number of rotatable bonds is 76. The molecule has 3 N–H and O–H groups in total. The summed E-state index contributed by atoms with van der Waals surface area (Å²) >= 11 is 0. The number of carbonyl (C=O) groups is 4. The lowest BCUT2D eigenvalue weighted by molar-refractivity contribution is -0.161. The summed E-state index contributed by atoms with van der Waals surface area (Å²) in [6, 6.07) is 0. The molecule has 0 saturated heterocycles. The van der Waals surface area contributed by atoms with Crippen molar-refractivity contribution in [1.82, 2.24) is 0 Å². The highest BCUT2D eigenvalue weighted by Gasteiger charge is 2.30. The summed E-state index contributed by atoms with van der Waals surface area (Å²) in [5.41, 5.74) is 0. The lowest BCUT2D eigenvalue weighted by Crippen LogP contribution is -2.30. The molecule has 0 fully saturated rings. The molecule has 0 aliphatic rings. The van der Waals surface area contributed by atoms with Crippen LogP contribution in [0.2, 0.25) is 0 Å². The Morgan fingerprint density at radius 2 is 0.490 bits per heavy atom. The van der Waals surface area contributed by atoms with Crippen molar-refractivity contribution >= 4 is 39.5 Å². The number of aliphatic hydroxyl groups excluding tert-OH is 1. The number of aliphatic hydroxyl groups is 1. The van der Waals surface area contributed by atoms with E-state index in [0.717, 1.165) is 114 Å². The van der Waals surface area contributed by atoms with Crippen LogP contribution in [0.5, 0.6) is 0 Å². The highest BCUT2D eigenvalue weighted by Crippen LogP contribution is 2.45. The number of phosphoric ester groups is 2. The zero-order valence-electron chi connectivity index (χ0n) is 64.4. The van der Waals surface area contributed by atoms with Crippen molar-refractivity contribution in [3.05, 3.63) is 0 Å². The van der Waals surface area contributed by atoms with E-state index in [1.54, 1.807) is 0 Å². The van der Waals surface area contributed by atoms with Gasteiger partial charge in [0.25, 0.3) is 0 Å². The molecular formula is C79H154O17P2. The van der Waals surface area contributed by atoms with Gasteiger partial charge in [0.15, 0.2) is 12.2 Å². The van der Waals surface area contributed by atoms with E-state index in [0.29, 0.717) is 31.6 Å². The Morgan fingerprint density at radius 3 is 0.724 bits per heavy atom. The second kappa shape index (κ2) is 68.2. The van der Waals surface area contributed by atoms with Gasteiger partial charge in [0, 0.05) is 25.7 Å². The maximum absolute atomic E-state index is 13.1. The maximum atomic E-state index is 13.1. The SMILES string of the molecule is CCC(C)CCCCCCCCCCCCCCCCCCCCC(=O)OC[C@H](COP(=O)(O)OC[C@@H](O)COP(=O)(O)OC[C@@H](COC(=O)CCCCCCCCC(C)C)OC(=O)CCCCCCCCCCCCCCCCC(C)C)OC(=O)CCCCCCCCC(C)CC. The molecule has 582 valence electrons. The van der Waals surface area contributed by atoms with E-state index in [-0.39, 0.29) is 25.7 Å². The predicted octanol–water partition coefficient (Wildman–Crippen LogP) is 23.2. The fourth-order valence-electron chi connectivity index (χ4n) is 12.0. The third-order valence-corrected chi connectivity index (χ3v) is 20.9. The zero-order valence-corrected chi connectivity index (χ0v) is 66.2. The molecule has 0 bridgehead atoms. The molecule has 17 nitrogen and oxygen atoms in total. The van der Waals surface area contributed by atoms with E-state index in [2.05, 4.69) is 55.4 Å². The van der Waals surface area contributed by atoms with Gasteiger partial charge in [-0.15, -0.1) is 0 Å². The van der Waals surface area contributed by atoms with Crippen molar-refractivity contribution in [2.45, 2.75) is 420 Å². The summed E-state index contributed by atoms with van der Waals surface area (Å²) in [6.45, 7) is 14.2. The van der Waals surface area contributed by atoms with Crippen molar-refractivity contribution in [2.75, 3.05) is 39.6 Å². The van der Waals surface area contributed by atoms with E-state index < -0.39 is 97.5 Å². The largest absolute Gasteiger partial charge is 0.472 e. The summed E-state index contributed by atoms with van der Waals surface area (Å²) < 4.78 is 68.5. The fraction of sp³-hybridized carbons (Fsp3) is 0.949. The number of ether oxygens (including phenoxy) is 4. The molecule has 0 amide bonds. The van der Waals surface area contributed by atoms with Gasteiger partial charge in [-0.3, -0.25) is 37.3 Å². The van der Waals surface area contributed by atoms with Gasteiger partial charge in [-0.1, -0.05) is 351 Å². The number of unbranched alkanes of at least 4 members (excludes halogenated alkanes) is 40. The second-order valence-corrected chi connectivity index (χ2v) is 32.8. The number of hydrogen-bond donors (Lipinski definition) is 3. The lowest BCUT2D eigenvalue weighted by Gasteiger charge is -2.21. The van der Waals surface area contributed by atoms with Crippen LogP contribution in [-0.2, 0) is 65.4 Å². The molecule has 0 saturated carbocycles. The van der Waals surface area contributed by atoms with E-state index in [4.69, 9.17) is 37.0 Å². The third kappa shape index (κ3) is 69.8. The summed E-state index contributed by atoms with van der Waals surface area (Å²) in [7, 11) is -9.91. The van der Waals surface area contributed by atoms with E-state index in [1.807, 2.05) is 0 Å². The Kier molecular flexibility index (Phi) is 66.8. The summed E-state index contributed by atoms with van der Waals surface area (Å²) in [5, 5.41) is 10.6. The van der Waals surface area contributed by atoms with Crippen molar-refractivity contribution in [1.29, 1.82) is 0 Å². The molecule has 7 atom stereocenters. The average molecular weight is 1440 g/mol. The van der Waals surface area contributed by atoms with Crippen LogP contribution in [0.4, 0.5) is 0 Å².